The zero-order chi connectivity index (χ0) is 22.5. The lowest BCUT2D eigenvalue weighted by Crippen LogP contribution is -2.39. The summed E-state index contributed by atoms with van der Waals surface area (Å²) in [5, 5.41) is 17.1. The topological polar surface area (TPSA) is 106 Å². The zero-order valence-electron chi connectivity index (χ0n) is 18.2. The highest BCUT2D eigenvalue weighted by molar-refractivity contribution is 5.74. The van der Waals surface area contributed by atoms with Crippen LogP contribution in [-0.2, 0) is 27.1 Å². The van der Waals surface area contributed by atoms with Crippen molar-refractivity contribution in [3.8, 4) is 0 Å². The average molecular weight is 427 g/mol. The van der Waals surface area contributed by atoms with Gasteiger partial charge in [-0.1, -0.05) is 36.4 Å². The second-order valence-electron chi connectivity index (χ2n) is 7.75. The maximum atomic E-state index is 12.8. The summed E-state index contributed by atoms with van der Waals surface area (Å²) in [5.41, 5.74) is 0.868. The first kappa shape index (κ1) is 22.5. The second-order valence-corrected chi connectivity index (χ2v) is 7.75. The molecule has 3 N–H and O–H groups in total. The largest absolute Gasteiger partial charge is 0.390 e. The van der Waals surface area contributed by atoms with Gasteiger partial charge < -0.3 is 20.3 Å². The summed E-state index contributed by atoms with van der Waals surface area (Å²) in [4.78, 5) is 29.5. The number of hydrogen-bond acceptors (Lipinski definition) is 6. The summed E-state index contributed by atoms with van der Waals surface area (Å²) >= 11 is 0. The molecule has 166 valence electrons. The Bertz CT molecular complexity index is 1160. The Morgan fingerprint density at radius 3 is 2.58 bits per heavy atom. The Balaban J connectivity index is 1.81. The van der Waals surface area contributed by atoms with Gasteiger partial charge in [0, 0.05) is 33.2 Å². The van der Waals surface area contributed by atoms with Crippen molar-refractivity contribution in [1.82, 2.24) is 24.0 Å². The lowest BCUT2D eigenvalue weighted by Gasteiger charge is -2.19. The number of fused-ring (bicyclic) bond motifs is 1. The summed E-state index contributed by atoms with van der Waals surface area (Å²) in [7, 11) is 3.00. The van der Waals surface area contributed by atoms with Crippen LogP contribution in [0.1, 0.15) is 12.5 Å². The molecule has 2 aromatic heterocycles. The van der Waals surface area contributed by atoms with Crippen molar-refractivity contribution in [2.24, 2.45) is 14.1 Å². The molecular formula is C22H30N6O3. The van der Waals surface area contributed by atoms with Crippen LogP contribution in [0.15, 0.2) is 52.6 Å². The molecule has 2 unspecified atom stereocenters. The molecule has 0 aliphatic heterocycles. The van der Waals surface area contributed by atoms with Crippen molar-refractivity contribution in [2.75, 3.05) is 18.4 Å². The number of anilines is 1. The fraction of sp³-hybridized carbons (Fsp3) is 0.409. The van der Waals surface area contributed by atoms with Crippen molar-refractivity contribution in [3.05, 3.63) is 69.4 Å². The van der Waals surface area contributed by atoms with Gasteiger partial charge in [-0.25, -0.2) is 4.79 Å². The smallest absolute Gasteiger partial charge is 0.332 e. The van der Waals surface area contributed by atoms with Crippen LogP contribution in [0.4, 0.5) is 5.95 Å². The predicted octanol–water partition coefficient (Wildman–Crippen LogP) is 0.613. The van der Waals surface area contributed by atoms with E-state index in [-0.39, 0.29) is 23.8 Å². The first-order valence-corrected chi connectivity index (χ1v) is 10.3. The highest BCUT2D eigenvalue weighted by atomic mass is 16.3. The maximum Gasteiger partial charge on any atom is 0.332 e. The highest BCUT2D eigenvalue weighted by Gasteiger charge is 2.21. The molecule has 0 bridgehead atoms. The first-order valence-electron chi connectivity index (χ1n) is 10.3. The molecule has 0 radical (unpaired) electrons. The third kappa shape index (κ3) is 4.95. The van der Waals surface area contributed by atoms with Gasteiger partial charge in [0.25, 0.3) is 5.56 Å². The molecule has 2 atom stereocenters. The van der Waals surface area contributed by atoms with Crippen LogP contribution in [0.2, 0.25) is 0 Å². The summed E-state index contributed by atoms with van der Waals surface area (Å²) < 4.78 is 4.01. The number of aromatic nitrogens is 4. The van der Waals surface area contributed by atoms with E-state index < -0.39 is 17.4 Å². The van der Waals surface area contributed by atoms with Crippen LogP contribution in [0.25, 0.3) is 11.2 Å². The van der Waals surface area contributed by atoms with Crippen LogP contribution in [-0.4, -0.2) is 49.0 Å². The minimum atomic E-state index is -0.762. The molecule has 0 saturated carbocycles. The van der Waals surface area contributed by atoms with E-state index >= 15 is 0 Å². The number of rotatable bonds is 10. The van der Waals surface area contributed by atoms with E-state index in [0.29, 0.717) is 19.0 Å². The SMILES string of the molecule is C=CCNc1nc2c(c(=O)n(C)c(=O)n2C)n1CC(O)CNC(C)Cc1ccccc1. The highest BCUT2D eigenvalue weighted by Crippen LogP contribution is 2.16. The Morgan fingerprint density at radius 1 is 1.19 bits per heavy atom. The van der Waals surface area contributed by atoms with E-state index in [9.17, 15) is 14.7 Å². The summed E-state index contributed by atoms with van der Waals surface area (Å²) in [6.07, 6.45) is 1.75. The Morgan fingerprint density at radius 2 is 1.90 bits per heavy atom. The molecule has 0 amide bonds. The monoisotopic (exact) mass is 426 g/mol. The molecule has 3 aromatic rings. The van der Waals surface area contributed by atoms with E-state index in [0.717, 1.165) is 11.0 Å². The molecule has 31 heavy (non-hydrogen) atoms. The van der Waals surface area contributed by atoms with Gasteiger partial charge >= 0.3 is 5.69 Å². The number of hydrogen-bond donors (Lipinski definition) is 3. The molecule has 0 aliphatic carbocycles. The van der Waals surface area contributed by atoms with E-state index in [1.807, 2.05) is 18.2 Å². The first-order chi connectivity index (χ1) is 14.8. The molecule has 9 heteroatoms. The van der Waals surface area contributed by atoms with Crippen molar-refractivity contribution >= 4 is 17.1 Å². The number of aliphatic hydroxyl groups excluding tert-OH is 1. The zero-order valence-corrected chi connectivity index (χ0v) is 18.2. The molecule has 3 rings (SSSR count). The van der Waals surface area contributed by atoms with Gasteiger partial charge in [-0.05, 0) is 18.9 Å². The lowest BCUT2D eigenvalue weighted by molar-refractivity contribution is 0.150. The minimum Gasteiger partial charge on any atom is -0.390 e. The number of aliphatic hydroxyl groups is 1. The van der Waals surface area contributed by atoms with Gasteiger partial charge in [0.2, 0.25) is 5.95 Å². The fourth-order valence-electron chi connectivity index (χ4n) is 3.58. The van der Waals surface area contributed by atoms with Gasteiger partial charge in [0.15, 0.2) is 11.2 Å². The van der Waals surface area contributed by atoms with Gasteiger partial charge in [-0.3, -0.25) is 13.9 Å². The summed E-state index contributed by atoms with van der Waals surface area (Å²) in [5.74, 6) is 0.407. The Labute approximate surface area is 180 Å². The number of benzene rings is 1. The molecular weight excluding hydrogens is 396 g/mol. The maximum absolute atomic E-state index is 12.8. The van der Waals surface area contributed by atoms with Crippen molar-refractivity contribution < 1.29 is 5.11 Å². The van der Waals surface area contributed by atoms with E-state index in [4.69, 9.17) is 0 Å². The third-order valence-corrected chi connectivity index (χ3v) is 5.23. The van der Waals surface area contributed by atoms with Crippen LogP contribution in [0.3, 0.4) is 0 Å². The fourth-order valence-corrected chi connectivity index (χ4v) is 3.58. The summed E-state index contributed by atoms with van der Waals surface area (Å²) in [6.45, 7) is 6.68. The minimum absolute atomic E-state index is 0.147. The Kier molecular flexibility index (Phi) is 7.09. The molecule has 0 spiro atoms. The van der Waals surface area contributed by atoms with Crippen LogP contribution < -0.4 is 21.9 Å². The van der Waals surface area contributed by atoms with Crippen LogP contribution in [0, 0.1) is 0 Å². The molecule has 1 aromatic carbocycles. The molecule has 2 heterocycles. The van der Waals surface area contributed by atoms with Gasteiger partial charge in [-0.2, -0.15) is 4.98 Å². The van der Waals surface area contributed by atoms with Crippen LogP contribution in [0.5, 0.6) is 0 Å². The van der Waals surface area contributed by atoms with E-state index in [1.165, 1.54) is 17.2 Å². The van der Waals surface area contributed by atoms with Crippen molar-refractivity contribution in [3.63, 3.8) is 0 Å². The van der Waals surface area contributed by atoms with Gasteiger partial charge in [0.05, 0.1) is 12.6 Å². The molecule has 0 saturated heterocycles. The number of nitrogens with zero attached hydrogens (tertiary/aromatic N) is 4. The van der Waals surface area contributed by atoms with Gasteiger partial charge in [-0.15, -0.1) is 6.58 Å². The van der Waals surface area contributed by atoms with Gasteiger partial charge in [0.1, 0.15) is 0 Å². The summed E-state index contributed by atoms with van der Waals surface area (Å²) in [6, 6.07) is 10.3. The van der Waals surface area contributed by atoms with Crippen molar-refractivity contribution in [2.45, 2.75) is 32.0 Å². The standard InChI is InChI=1S/C22H30N6O3/c1-5-11-23-21-25-19-18(20(30)27(4)22(31)26(19)3)28(21)14-17(29)13-24-15(2)12-16-9-7-6-8-10-16/h5-10,15,17,24,29H,1,11-14H2,2-4H3,(H,23,25). The molecule has 0 aliphatic rings. The number of aryl methyl sites for hydroxylation is 1. The Hall–Kier alpha value is -3.17. The normalized spacial score (nSPS) is 13.3. The van der Waals surface area contributed by atoms with Crippen LogP contribution >= 0.6 is 0 Å². The van der Waals surface area contributed by atoms with E-state index in [1.54, 1.807) is 17.7 Å². The second kappa shape index (κ2) is 9.76. The third-order valence-electron chi connectivity index (χ3n) is 5.23. The lowest BCUT2D eigenvalue weighted by atomic mass is 10.1. The number of nitrogens with one attached hydrogen (secondary N) is 2. The average Bonchev–Trinajstić information content (AvgIpc) is 3.12. The molecule has 0 fully saturated rings. The predicted molar refractivity (Wildman–Crippen MR) is 123 cm³/mol. The van der Waals surface area contributed by atoms with E-state index in [2.05, 4.69) is 41.3 Å². The quantitative estimate of drug-likeness (QED) is 0.410. The number of imidazole rings is 1. The van der Waals surface area contributed by atoms with Crippen molar-refractivity contribution in [1.29, 1.82) is 0 Å². The molecule has 9 nitrogen and oxygen atoms in total.